The van der Waals surface area contributed by atoms with Crippen LogP contribution in [-0.2, 0) is 40.7 Å². The summed E-state index contributed by atoms with van der Waals surface area (Å²) >= 11 is 0. The average molecular weight is 607 g/mol. The third kappa shape index (κ3) is 12.4. The van der Waals surface area contributed by atoms with E-state index in [0.717, 1.165) is 25.7 Å². The minimum Gasteiger partial charge on any atom is -0.466 e. The van der Waals surface area contributed by atoms with Crippen LogP contribution >= 0.6 is 0 Å². The van der Waals surface area contributed by atoms with Crippen LogP contribution in [0.4, 0.5) is 0 Å². The molecule has 246 valence electrons. The summed E-state index contributed by atoms with van der Waals surface area (Å²) in [5.41, 5.74) is 5.95. The van der Waals surface area contributed by atoms with Crippen LogP contribution in [0.15, 0.2) is 48.5 Å². The van der Waals surface area contributed by atoms with Gasteiger partial charge in [-0.1, -0.05) is 130 Å². The first-order valence-electron chi connectivity index (χ1n) is 17.0. The summed E-state index contributed by atoms with van der Waals surface area (Å²) in [6.07, 6.45) is 11.2. The van der Waals surface area contributed by atoms with Gasteiger partial charge >= 0.3 is 11.9 Å². The number of rotatable bonds is 19. The minimum absolute atomic E-state index is 0.0581. The second-order valence-corrected chi connectivity index (χ2v) is 15.5. The van der Waals surface area contributed by atoms with E-state index in [0.29, 0.717) is 13.2 Å². The molecule has 44 heavy (non-hydrogen) atoms. The number of hydrogen-bond acceptors (Lipinski definition) is 4. The van der Waals surface area contributed by atoms with Crippen molar-refractivity contribution in [3.8, 4) is 0 Å². The summed E-state index contributed by atoms with van der Waals surface area (Å²) in [6, 6.07) is 18.5. The molecule has 0 aliphatic carbocycles. The number of esters is 2. The summed E-state index contributed by atoms with van der Waals surface area (Å²) in [4.78, 5) is 22.1. The Labute approximate surface area is 269 Å². The van der Waals surface area contributed by atoms with Gasteiger partial charge in [-0.2, -0.15) is 0 Å². The molecular formula is C40H62O4. The van der Waals surface area contributed by atoms with Gasteiger partial charge in [0.15, 0.2) is 0 Å². The van der Waals surface area contributed by atoms with Gasteiger partial charge in [0.05, 0.1) is 13.2 Å². The van der Waals surface area contributed by atoms with E-state index in [1.54, 1.807) is 0 Å². The fourth-order valence-electron chi connectivity index (χ4n) is 6.27. The lowest BCUT2D eigenvalue weighted by molar-refractivity contribution is -0.142. The van der Waals surface area contributed by atoms with Crippen molar-refractivity contribution >= 4 is 11.9 Å². The van der Waals surface area contributed by atoms with Crippen LogP contribution in [0.5, 0.6) is 0 Å². The SMILES string of the molecule is CC(=O)OCCCC(C)(C)c1ccc(C(C)(C)CCCCCCC(C)(C)c2ccc(C(C)(C)CCCOC(C)=O)cc2)cc1. The van der Waals surface area contributed by atoms with Gasteiger partial charge in [0.2, 0.25) is 0 Å². The Morgan fingerprint density at radius 2 is 0.659 bits per heavy atom. The number of carbonyl (C=O) groups excluding carboxylic acids is 2. The van der Waals surface area contributed by atoms with Crippen molar-refractivity contribution in [2.75, 3.05) is 13.2 Å². The molecule has 0 aromatic heterocycles. The summed E-state index contributed by atoms with van der Waals surface area (Å²) in [6.45, 7) is 22.5. The van der Waals surface area contributed by atoms with Crippen molar-refractivity contribution in [1.82, 2.24) is 0 Å². The fraction of sp³-hybridized carbons (Fsp3) is 0.650. The van der Waals surface area contributed by atoms with Gasteiger partial charge in [-0.15, -0.1) is 0 Å². The Bertz CT molecular complexity index is 1060. The molecule has 0 radical (unpaired) electrons. The van der Waals surface area contributed by atoms with Crippen LogP contribution in [0.3, 0.4) is 0 Å². The third-order valence-electron chi connectivity index (χ3n) is 9.75. The second kappa shape index (κ2) is 16.6. The smallest absolute Gasteiger partial charge is 0.302 e. The molecule has 4 nitrogen and oxygen atoms in total. The maximum Gasteiger partial charge on any atom is 0.302 e. The lowest BCUT2D eigenvalue weighted by Crippen LogP contribution is -2.20. The number of hydrogen-bond donors (Lipinski definition) is 0. The van der Waals surface area contributed by atoms with Crippen molar-refractivity contribution in [3.63, 3.8) is 0 Å². The zero-order valence-corrected chi connectivity index (χ0v) is 29.7. The molecular weight excluding hydrogens is 544 g/mol. The van der Waals surface area contributed by atoms with Crippen LogP contribution in [0.1, 0.15) is 156 Å². The molecule has 0 N–H and O–H groups in total. The van der Waals surface area contributed by atoms with Gasteiger partial charge in [0, 0.05) is 13.8 Å². The summed E-state index contributed by atoms with van der Waals surface area (Å²) in [5, 5.41) is 0. The van der Waals surface area contributed by atoms with E-state index in [-0.39, 0.29) is 33.6 Å². The molecule has 0 unspecified atom stereocenters. The molecule has 0 spiro atoms. The molecule has 2 aromatic carbocycles. The van der Waals surface area contributed by atoms with Gasteiger partial charge in [-0.25, -0.2) is 0 Å². The Morgan fingerprint density at radius 1 is 0.432 bits per heavy atom. The van der Waals surface area contributed by atoms with Gasteiger partial charge in [0.1, 0.15) is 0 Å². The molecule has 0 aliphatic heterocycles. The maximum absolute atomic E-state index is 11.0. The Morgan fingerprint density at radius 3 is 0.886 bits per heavy atom. The molecule has 2 rings (SSSR count). The lowest BCUT2D eigenvalue weighted by atomic mass is 9.76. The molecule has 0 bridgehead atoms. The highest BCUT2D eigenvalue weighted by molar-refractivity contribution is 5.66. The Kier molecular flexibility index (Phi) is 14.2. The fourth-order valence-corrected chi connectivity index (χ4v) is 6.27. The average Bonchev–Trinajstić information content (AvgIpc) is 2.95. The minimum atomic E-state index is -0.202. The molecule has 0 saturated heterocycles. The van der Waals surface area contributed by atoms with Gasteiger partial charge in [-0.3, -0.25) is 9.59 Å². The van der Waals surface area contributed by atoms with Gasteiger partial charge in [-0.05, 0) is 82.4 Å². The normalized spacial score (nSPS) is 12.7. The molecule has 0 atom stereocenters. The number of ether oxygens (including phenoxy) is 2. The largest absolute Gasteiger partial charge is 0.466 e. The first-order valence-corrected chi connectivity index (χ1v) is 17.0. The standard InChI is InChI=1S/C40H62O4/c1-31(41)43-29-15-27-39(7,8)35-21-17-33(18-22-35)37(3,4)25-13-11-12-14-26-38(5,6)34-19-23-36(24-20-34)40(9,10)28-16-30-44-32(2)42/h17-24H,11-16,25-30H2,1-10H3. The van der Waals surface area contributed by atoms with E-state index in [1.807, 2.05) is 0 Å². The monoisotopic (exact) mass is 606 g/mol. The predicted molar refractivity (Wildman–Crippen MR) is 184 cm³/mol. The zero-order valence-electron chi connectivity index (χ0n) is 29.7. The topological polar surface area (TPSA) is 52.6 Å². The molecule has 2 aromatic rings. The number of carbonyl (C=O) groups is 2. The highest BCUT2D eigenvalue weighted by Crippen LogP contribution is 2.35. The van der Waals surface area contributed by atoms with Crippen LogP contribution in [0.25, 0.3) is 0 Å². The van der Waals surface area contributed by atoms with Crippen LogP contribution in [0.2, 0.25) is 0 Å². The van der Waals surface area contributed by atoms with Crippen LogP contribution in [0, 0.1) is 0 Å². The van der Waals surface area contributed by atoms with Crippen molar-refractivity contribution in [2.24, 2.45) is 0 Å². The first-order chi connectivity index (χ1) is 20.5. The zero-order chi connectivity index (χ0) is 33.0. The molecule has 0 aliphatic rings. The number of benzene rings is 2. The van der Waals surface area contributed by atoms with Gasteiger partial charge < -0.3 is 9.47 Å². The summed E-state index contributed by atoms with van der Waals surface area (Å²) < 4.78 is 10.2. The lowest BCUT2D eigenvalue weighted by Gasteiger charge is -2.29. The highest BCUT2D eigenvalue weighted by Gasteiger charge is 2.25. The molecule has 0 amide bonds. The molecule has 0 saturated carbocycles. The quantitative estimate of drug-likeness (QED) is 0.118. The van der Waals surface area contributed by atoms with Gasteiger partial charge in [0.25, 0.3) is 0 Å². The Hall–Kier alpha value is -2.62. The summed E-state index contributed by atoms with van der Waals surface area (Å²) in [5.74, 6) is -0.404. The van der Waals surface area contributed by atoms with E-state index in [2.05, 4.69) is 104 Å². The second-order valence-electron chi connectivity index (χ2n) is 15.5. The van der Waals surface area contributed by atoms with Crippen LogP contribution < -0.4 is 0 Å². The van der Waals surface area contributed by atoms with Crippen molar-refractivity contribution < 1.29 is 19.1 Å². The molecule has 0 fully saturated rings. The maximum atomic E-state index is 11.0. The molecule has 4 heteroatoms. The van der Waals surface area contributed by atoms with Crippen LogP contribution in [-0.4, -0.2) is 25.2 Å². The van der Waals surface area contributed by atoms with E-state index >= 15 is 0 Å². The van der Waals surface area contributed by atoms with E-state index in [4.69, 9.17) is 9.47 Å². The highest BCUT2D eigenvalue weighted by atomic mass is 16.5. The third-order valence-corrected chi connectivity index (χ3v) is 9.75. The first kappa shape index (κ1) is 37.6. The van der Waals surface area contributed by atoms with Crippen molar-refractivity contribution in [3.05, 3.63) is 70.8 Å². The van der Waals surface area contributed by atoms with E-state index in [9.17, 15) is 9.59 Å². The Balaban J connectivity index is 1.77. The van der Waals surface area contributed by atoms with E-state index in [1.165, 1.54) is 74.6 Å². The summed E-state index contributed by atoms with van der Waals surface area (Å²) in [7, 11) is 0. The molecule has 0 heterocycles. The predicted octanol–water partition coefficient (Wildman–Crippen LogP) is 10.5. The van der Waals surface area contributed by atoms with Crippen molar-refractivity contribution in [1.29, 1.82) is 0 Å². The number of unbranched alkanes of at least 4 members (excludes halogenated alkanes) is 3. The van der Waals surface area contributed by atoms with E-state index < -0.39 is 0 Å². The van der Waals surface area contributed by atoms with Crippen molar-refractivity contribution in [2.45, 2.75) is 155 Å².